The van der Waals surface area contributed by atoms with Crippen LogP contribution < -0.4 is 5.32 Å². The molecule has 0 radical (unpaired) electrons. The van der Waals surface area contributed by atoms with Crippen molar-refractivity contribution >= 4 is 17.5 Å². The molecule has 7 nitrogen and oxygen atoms in total. The maximum Gasteiger partial charge on any atom is 0.453 e. The molecule has 0 aliphatic rings. The van der Waals surface area contributed by atoms with Gasteiger partial charge in [-0.25, -0.2) is 14.5 Å². The molecule has 0 unspecified atom stereocenters. The van der Waals surface area contributed by atoms with Crippen molar-refractivity contribution in [2.24, 2.45) is 0 Å². The number of nitrogens with zero attached hydrogens (tertiary/aromatic N) is 5. The number of carbonyl (C=O) groups is 1. The normalized spacial score (nSPS) is 11.8. The van der Waals surface area contributed by atoms with Crippen molar-refractivity contribution < 1.29 is 18.0 Å². The van der Waals surface area contributed by atoms with E-state index in [-0.39, 0.29) is 18.1 Å². The minimum absolute atomic E-state index is 0.0716. The molecule has 1 N–H and O–H groups in total. The number of amides is 1. The highest BCUT2D eigenvalue weighted by Gasteiger charge is 2.37. The van der Waals surface area contributed by atoms with E-state index in [0.29, 0.717) is 22.8 Å². The van der Waals surface area contributed by atoms with Crippen molar-refractivity contribution in [3.63, 3.8) is 0 Å². The number of fused-ring (bicyclic) bond motifs is 1. The fourth-order valence-electron chi connectivity index (χ4n) is 2.54. The number of nitrogens with one attached hydrogen (secondary N) is 1. The molecule has 10 heteroatoms. The number of aromatic nitrogens is 5. The number of halogens is 3. The second kappa shape index (κ2) is 6.36. The third kappa shape index (κ3) is 3.35. The van der Waals surface area contributed by atoms with Crippen molar-refractivity contribution in [3.05, 3.63) is 46.7 Å². The Morgan fingerprint density at radius 1 is 1.23 bits per heavy atom. The molecule has 26 heavy (non-hydrogen) atoms. The van der Waals surface area contributed by atoms with Gasteiger partial charge in [-0.2, -0.15) is 18.2 Å². The Kier molecular flexibility index (Phi) is 4.34. The van der Waals surface area contributed by atoms with E-state index in [1.165, 1.54) is 0 Å². The van der Waals surface area contributed by atoms with Crippen molar-refractivity contribution in [1.29, 1.82) is 0 Å². The molecule has 0 bridgehead atoms. The summed E-state index contributed by atoms with van der Waals surface area (Å²) in [5.41, 5.74) is 2.09. The highest BCUT2D eigenvalue weighted by atomic mass is 19.4. The zero-order valence-electron chi connectivity index (χ0n) is 14.2. The third-order valence-electron chi connectivity index (χ3n) is 3.91. The van der Waals surface area contributed by atoms with Crippen LogP contribution in [0.4, 0.5) is 19.0 Å². The smallest absolute Gasteiger partial charge is 0.310 e. The molecule has 136 valence electrons. The Bertz CT molecular complexity index is 996. The van der Waals surface area contributed by atoms with Gasteiger partial charge in [-0.1, -0.05) is 6.07 Å². The lowest BCUT2D eigenvalue weighted by molar-refractivity contribution is -0.144. The second-order valence-corrected chi connectivity index (χ2v) is 5.80. The standard InChI is InChI=1S/C16H15F3N6O/c1-8-5-4-6-20-13(8)22-12(26)7-11-9(2)21-15-23-14(16(17,18)19)24-25(15)10(11)3/h4-6H,7H2,1-3H3,(H,20,22,26). The molecule has 0 aromatic carbocycles. The summed E-state index contributed by atoms with van der Waals surface area (Å²) in [6.07, 6.45) is -3.18. The van der Waals surface area contributed by atoms with Gasteiger partial charge in [0, 0.05) is 23.1 Å². The first-order valence-electron chi connectivity index (χ1n) is 7.68. The Hall–Kier alpha value is -3.04. The lowest BCUT2D eigenvalue weighted by atomic mass is 10.1. The van der Waals surface area contributed by atoms with Crippen molar-refractivity contribution in [1.82, 2.24) is 24.6 Å². The monoisotopic (exact) mass is 364 g/mol. The molecular weight excluding hydrogens is 349 g/mol. The van der Waals surface area contributed by atoms with Crippen LogP contribution in [0.2, 0.25) is 0 Å². The molecule has 1 amide bonds. The molecule has 0 saturated heterocycles. The Morgan fingerprint density at radius 3 is 2.62 bits per heavy atom. The second-order valence-electron chi connectivity index (χ2n) is 5.80. The summed E-state index contributed by atoms with van der Waals surface area (Å²) in [6.45, 7) is 5.00. The zero-order valence-corrected chi connectivity index (χ0v) is 14.2. The summed E-state index contributed by atoms with van der Waals surface area (Å²) in [4.78, 5) is 23.9. The van der Waals surface area contributed by atoms with Crippen LogP contribution in [0.5, 0.6) is 0 Å². The number of pyridine rings is 1. The van der Waals surface area contributed by atoms with E-state index in [4.69, 9.17) is 0 Å². The molecule has 0 aliphatic heterocycles. The molecule has 3 aromatic heterocycles. The minimum atomic E-state index is -4.66. The van der Waals surface area contributed by atoms with Crippen LogP contribution in [0.15, 0.2) is 18.3 Å². The molecule has 0 fully saturated rings. The van der Waals surface area contributed by atoms with Crippen LogP contribution in [0.25, 0.3) is 5.78 Å². The molecule has 3 rings (SSSR count). The van der Waals surface area contributed by atoms with Gasteiger partial charge in [-0.15, -0.1) is 5.10 Å². The van der Waals surface area contributed by atoms with Gasteiger partial charge < -0.3 is 5.32 Å². The summed E-state index contributed by atoms with van der Waals surface area (Å²) in [7, 11) is 0. The van der Waals surface area contributed by atoms with Gasteiger partial charge in [0.25, 0.3) is 11.6 Å². The van der Waals surface area contributed by atoms with Crippen LogP contribution in [0.3, 0.4) is 0 Å². The summed E-state index contributed by atoms with van der Waals surface area (Å²) in [6, 6.07) is 3.56. The maximum absolute atomic E-state index is 12.8. The van der Waals surface area contributed by atoms with Crippen LogP contribution in [0.1, 0.15) is 28.3 Å². The summed E-state index contributed by atoms with van der Waals surface area (Å²) < 4.78 is 39.4. The van der Waals surface area contributed by atoms with E-state index in [1.54, 1.807) is 39.1 Å². The summed E-state index contributed by atoms with van der Waals surface area (Å²) >= 11 is 0. The Labute approximate surface area is 146 Å². The van der Waals surface area contributed by atoms with E-state index in [9.17, 15) is 18.0 Å². The molecule has 3 heterocycles. The van der Waals surface area contributed by atoms with E-state index < -0.39 is 12.0 Å². The van der Waals surface area contributed by atoms with Crippen LogP contribution in [0, 0.1) is 20.8 Å². The minimum Gasteiger partial charge on any atom is -0.310 e. The third-order valence-corrected chi connectivity index (χ3v) is 3.91. The van der Waals surface area contributed by atoms with Gasteiger partial charge in [-0.05, 0) is 32.4 Å². The molecule has 0 saturated carbocycles. The summed E-state index contributed by atoms with van der Waals surface area (Å²) in [5, 5.41) is 6.15. The number of hydrogen-bond donors (Lipinski definition) is 1. The fraction of sp³-hybridized carbons (Fsp3) is 0.312. The van der Waals surface area contributed by atoms with E-state index in [0.717, 1.165) is 10.1 Å². The Balaban J connectivity index is 1.92. The number of hydrogen-bond acceptors (Lipinski definition) is 5. The molecule has 0 aliphatic carbocycles. The first kappa shape index (κ1) is 17.8. The van der Waals surface area contributed by atoms with Crippen LogP contribution in [-0.2, 0) is 17.4 Å². The number of alkyl halides is 3. The number of anilines is 1. The zero-order chi connectivity index (χ0) is 19.1. The Morgan fingerprint density at radius 2 is 1.96 bits per heavy atom. The van der Waals surface area contributed by atoms with E-state index in [1.807, 2.05) is 0 Å². The number of carbonyl (C=O) groups excluding carboxylic acids is 1. The predicted molar refractivity (Wildman–Crippen MR) is 86.6 cm³/mol. The molecular formula is C16H15F3N6O. The molecule has 0 spiro atoms. The van der Waals surface area contributed by atoms with E-state index in [2.05, 4.69) is 25.4 Å². The average Bonchev–Trinajstić information content (AvgIpc) is 2.98. The summed E-state index contributed by atoms with van der Waals surface area (Å²) in [5.74, 6) is -1.34. The predicted octanol–water partition coefficient (Wildman–Crippen LogP) is 2.64. The highest BCUT2D eigenvalue weighted by molar-refractivity contribution is 5.92. The van der Waals surface area contributed by atoms with Gasteiger partial charge in [0.15, 0.2) is 0 Å². The average molecular weight is 364 g/mol. The van der Waals surface area contributed by atoms with Gasteiger partial charge in [-0.3, -0.25) is 4.79 Å². The lowest BCUT2D eigenvalue weighted by Crippen LogP contribution is -2.19. The molecule has 0 atom stereocenters. The lowest BCUT2D eigenvalue weighted by Gasteiger charge is -2.11. The SMILES string of the molecule is Cc1cccnc1NC(=O)Cc1c(C)nc2nc(C(F)(F)F)nn2c1C. The molecule has 3 aromatic rings. The van der Waals surface area contributed by atoms with Crippen molar-refractivity contribution in [2.45, 2.75) is 33.4 Å². The first-order chi connectivity index (χ1) is 12.2. The highest BCUT2D eigenvalue weighted by Crippen LogP contribution is 2.27. The van der Waals surface area contributed by atoms with Gasteiger partial charge in [0.05, 0.1) is 6.42 Å². The van der Waals surface area contributed by atoms with Crippen molar-refractivity contribution in [2.75, 3.05) is 5.32 Å². The quantitative estimate of drug-likeness (QED) is 0.772. The van der Waals surface area contributed by atoms with Gasteiger partial charge >= 0.3 is 6.18 Å². The fourth-order valence-corrected chi connectivity index (χ4v) is 2.54. The van der Waals surface area contributed by atoms with Crippen LogP contribution in [-0.4, -0.2) is 30.5 Å². The number of rotatable bonds is 3. The van der Waals surface area contributed by atoms with Crippen LogP contribution >= 0.6 is 0 Å². The van der Waals surface area contributed by atoms with Crippen molar-refractivity contribution in [3.8, 4) is 0 Å². The van der Waals surface area contributed by atoms with E-state index >= 15 is 0 Å². The van der Waals surface area contributed by atoms with Gasteiger partial charge in [0.2, 0.25) is 5.91 Å². The largest absolute Gasteiger partial charge is 0.453 e. The number of aryl methyl sites for hydroxylation is 3. The van der Waals surface area contributed by atoms with Gasteiger partial charge in [0.1, 0.15) is 5.82 Å². The maximum atomic E-state index is 12.8. The first-order valence-corrected chi connectivity index (χ1v) is 7.68. The topological polar surface area (TPSA) is 85.1 Å².